The number of ether oxygens (including phenoxy) is 2. The maximum Gasteiger partial charge on any atom is 0.492 e. The predicted molar refractivity (Wildman–Crippen MR) is 60.7 cm³/mol. The molecule has 17 heavy (non-hydrogen) atoms. The minimum atomic E-state index is -1.75. The van der Waals surface area contributed by atoms with Crippen LogP contribution in [0.2, 0.25) is 0 Å². The molecule has 1 aromatic carbocycles. The molecule has 2 rings (SSSR count). The second-order valence-electron chi connectivity index (χ2n) is 4.00. The van der Waals surface area contributed by atoms with E-state index in [2.05, 4.69) is 0 Å². The number of rotatable bonds is 4. The van der Waals surface area contributed by atoms with E-state index in [0.29, 0.717) is 6.61 Å². The lowest BCUT2D eigenvalue weighted by Crippen LogP contribution is -2.32. The van der Waals surface area contributed by atoms with Gasteiger partial charge in [-0.05, 0) is 31.0 Å². The van der Waals surface area contributed by atoms with E-state index in [1.54, 1.807) is 0 Å². The molecular weight excluding hydrogens is 226 g/mol. The summed E-state index contributed by atoms with van der Waals surface area (Å²) in [6, 6.07) is 3.66. The summed E-state index contributed by atoms with van der Waals surface area (Å²) in [5, 5.41) is 18.2. The second-order valence-corrected chi connectivity index (χ2v) is 4.00. The molecule has 0 unspecified atom stereocenters. The van der Waals surface area contributed by atoms with Crippen molar-refractivity contribution in [3.8, 4) is 5.75 Å². The molecule has 6 heteroatoms. The topological polar surface area (TPSA) is 58.9 Å². The molecule has 0 aliphatic carbocycles. The Morgan fingerprint density at radius 1 is 1.47 bits per heavy atom. The van der Waals surface area contributed by atoms with Gasteiger partial charge < -0.3 is 19.5 Å². The minimum Gasteiger partial charge on any atom is -0.491 e. The molecule has 0 spiro atoms. The lowest BCUT2D eigenvalue weighted by atomic mass is 9.79. The average Bonchev–Trinajstić information content (AvgIpc) is 2.80. The van der Waals surface area contributed by atoms with E-state index in [0.717, 1.165) is 25.5 Å². The third-order valence-electron chi connectivity index (χ3n) is 2.70. The number of hydrogen-bond acceptors (Lipinski definition) is 4. The zero-order valence-corrected chi connectivity index (χ0v) is 9.30. The maximum atomic E-state index is 12.9. The van der Waals surface area contributed by atoms with E-state index in [1.165, 1.54) is 12.1 Å². The molecule has 0 radical (unpaired) electrons. The molecule has 0 aromatic heterocycles. The van der Waals surface area contributed by atoms with Crippen LogP contribution in [-0.4, -0.2) is 36.5 Å². The Balaban J connectivity index is 2.03. The average molecular weight is 240 g/mol. The van der Waals surface area contributed by atoms with E-state index < -0.39 is 12.9 Å². The largest absolute Gasteiger partial charge is 0.492 e. The van der Waals surface area contributed by atoms with Gasteiger partial charge in [-0.15, -0.1) is 0 Å². The smallest absolute Gasteiger partial charge is 0.491 e. The van der Waals surface area contributed by atoms with Gasteiger partial charge in [0.25, 0.3) is 0 Å². The van der Waals surface area contributed by atoms with Crippen molar-refractivity contribution in [2.45, 2.75) is 18.9 Å². The number of hydrogen-bond donors (Lipinski definition) is 2. The summed E-state index contributed by atoms with van der Waals surface area (Å²) in [6.07, 6.45) is 1.97. The van der Waals surface area contributed by atoms with Crippen LogP contribution in [0.5, 0.6) is 5.75 Å². The molecule has 92 valence electrons. The minimum absolute atomic E-state index is 0.0306. The Labute approximate surface area is 99.1 Å². The highest BCUT2D eigenvalue weighted by Crippen LogP contribution is 2.15. The van der Waals surface area contributed by atoms with Crippen LogP contribution in [0.15, 0.2) is 18.2 Å². The molecule has 1 saturated heterocycles. The molecule has 1 atom stereocenters. The molecule has 1 aliphatic rings. The molecule has 0 bridgehead atoms. The SMILES string of the molecule is OB(O)c1cc(F)ccc1OC[C@H]1CCCO1. The first-order chi connectivity index (χ1) is 8.16. The number of benzene rings is 1. The van der Waals surface area contributed by atoms with Gasteiger partial charge >= 0.3 is 7.12 Å². The first-order valence-corrected chi connectivity index (χ1v) is 5.57. The summed E-state index contributed by atoms with van der Waals surface area (Å²) in [5.74, 6) is -0.255. The van der Waals surface area contributed by atoms with Gasteiger partial charge in [-0.1, -0.05) is 0 Å². The Morgan fingerprint density at radius 2 is 2.29 bits per heavy atom. The van der Waals surface area contributed by atoms with E-state index in [1.807, 2.05) is 0 Å². The van der Waals surface area contributed by atoms with E-state index in [4.69, 9.17) is 19.5 Å². The summed E-state index contributed by atoms with van der Waals surface area (Å²) in [5.41, 5.74) is 0.0306. The van der Waals surface area contributed by atoms with Crippen molar-refractivity contribution >= 4 is 12.6 Å². The standard InChI is InChI=1S/C11H14BFO4/c13-8-3-4-11(10(6-8)12(14)15)17-7-9-2-1-5-16-9/h3-4,6,9,14-15H,1-2,5,7H2/t9-/m1/s1. The second kappa shape index (κ2) is 5.49. The monoisotopic (exact) mass is 240 g/mol. The van der Waals surface area contributed by atoms with Crippen molar-refractivity contribution in [2.24, 2.45) is 0 Å². The van der Waals surface area contributed by atoms with E-state index in [9.17, 15) is 4.39 Å². The fourth-order valence-electron chi connectivity index (χ4n) is 1.81. The Morgan fingerprint density at radius 3 is 2.94 bits per heavy atom. The van der Waals surface area contributed by atoms with Gasteiger partial charge in [0, 0.05) is 12.1 Å². The normalized spacial score (nSPS) is 19.4. The van der Waals surface area contributed by atoms with Crippen LogP contribution in [0.4, 0.5) is 4.39 Å². The van der Waals surface area contributed by atoms with Gasteiger partial charge in [-0.2, -0.15) is 0 Å². The highest BCUT2D eigenvalue weighted by atomic mass is 19.1. The zero-order chi connectivity index (χ0) is 12.3. The van der Waals surface area contributed by atoms with Crippen molar-refractivity contribution in [1.82, 2.24) is 0 Å². The summed E-state index contributed by atoms with van der Waals surface area (Å²) < 4.78 is 23.7. The fourth-order valence-corrected chi connectivity index (χ4v) is 1.81. The number of halogens is 1. The molecule has 0 amide bonds. The highest BCUT2D eigenvalue weighted by molar-refractivity contribution is 6.59. The lowest BCUT2D eigenvalue weighted by molar-refractivity contribution is 0.0682. The molecule has 0 saturated carbocycles. The van der Waals surface area contributed by atoms with Crippen LogP contribution in [0.3, 0.4) is 0 Å². The third kappa shape index (κ3) is 3.18. The molecule has 2 N–H and O–H groups in total. The summed E-state index contributed by atoms with van der Waals surface area (Å²) in [4.78, 5) is 0. The Bertz CT molecular complexity index is 380. The fraction of sp³-hybridized carbons (Fsp3) is 0.455. The van der Waals surface area contributed by atoms with Gasteiger partial charge in [-0.3, -0.25) is 0 Å². The third-order valence-corrected chi connectivity index (χ3v) is 2.70. The summed E-state index contributed by atoms with van der Waals surface area (Å²) >= 11 is 0. The van der Waals surface area contributed by atoms with Gasteiger partial charge in [0.05, 0.1) is 6.10 Å². The van der Waals surface area contributed by atoms with Crippen LogP contribution >= 0.6 is 0 Å². The van der Waals surface area contributed by atoms with Crippen LogP contribution in [0.1, 0.15) is 12.8 Å². The van der Waals surface area contributed by atoms with Gasteiger partial charge in [-0.25, -0.2) is 4.39 Å². The van der Waals surface area contributed by atoms with Crippen LogP contribution < -0.4 is 10.2 Å². The van der Waals surface area contributed by atoms with Crippen molar-refractivity contribution < 1.29 is 23.9 Å². The first-order valence-electron chi connectivity index (χ1n) is 5.57. The highest BCUT2D eigenvalue weighted by Gasteiger charge is 2.20. The first kappa shape index (κ1) is 12.4. The molecule has 1 aliphatic heterocycles. The van der Waals surface area contributed by atoms with E-state index in [-0.39, 0.29) is 17.3 Å². The lowest BCUT2D eigenvalue weighted by Gasteiger charge is -2.14. The maximum absolute atomic E-state index is 12.9. The Hall–Kier alpha value is -1.11. The van der Waals surface area contributed by atoms with Crippen LogP contribution in [-0.2, 0) is 4.74 Å². The molecule has 1 aromatic rings. The van der Waals surface area contributed by atoms with Crippen LogP contribution in [0.25, 0.3) is 0 Å². The molecule has 1 heterocycles. The molecule has 1 fully saturated rings. The summed E-state index contributed by atoms with van der Waals surface area (Å²) in [6.45, 7) is 1.07. The summed E-state index contributed by atoms with van der Waals surface area (Å²) in [7, 11) is -1.75. The predicted octanol–water partition coefficient (Wildman–Crippen LogP) is 0.0633. The molecular formula is C11H14BFO4. The Kier molecular flexibility index (Phi) is 3.99. The zero-order valence-electron chi connectivity index (χ0n) is 9.30. The van der Waals surface area contributed by atoms with Crippen LogP contribution in [0, 0.1) is 5.82 Å². The van der Waals surface area contributed by atoms with Gasteiger partial charge in [0.2, 0.25) is 0 Å². The van der Waals surface area contributed by atoms with Crippen molar-refractivity contribution in [3.05, 3.63) is 24.0 Å². The van der Waals surface area contributed by atoms with Gasteiger partial charge in [0.15, 0.2) is 0 Å². The van der Waals surface area contributed by atoms with E-state index >= 15 is 0 Å². The van der Waals surface area contributed by atoms with Crippen molar-refractivity contribution in [1.29, 1.82) is 0 Å². The molecule has 4 nitrogen and oxygen atoms in total. The van der Waals surface area contributed by atoms with Gasteiger partial charge in [0.1, 0.15) is 18.2 Å². The quantitative estimate of drug-likeness (QED) is 0.731. The van der Waals surface area contributed by atoms with Crippen molar-refractivity contribution in [2.75, 3.05) is 13.2 Å². The van der Waals surface area contributed by atoms with Crippen molar-refractivity contribution in [3.63, 3.8) is 0 Å².